The average Bonchev–Trinajstić information content (AvgIpc) is 3.26. The van der Waals surface area contributed by atoms with Gasteiger partial charge in [0.2, 0.25) is 5.91 Å². The van der Waals surface area contributed by atoms with Crippen LogP contribution in [0.5, 0.6) is 0 Å². The lowest BCUT2D eigenvalue weighted by Gasteiger charge is -2.32. The maximum Gasteiger partial charge on any atom is 0.337 e. The SMILES string of the molecule is CCOC(=O)C1=C(COC(=O)C2CCCCC2C(=O)N2CCc3ccccc32)NC(=O)NC1. The molecule has 9 heteroatoms. The first-order valence-corrected chi connectivity index (χ1v) is 11.5. The van der Waals surface area contributed by atoms with Crippen molar-refractivity contribution in [3.63, 3.8) is 0 Å². The number of carbonyl (C=O) groups is 4. The van der Waals surface area contributed by atoms with Crippen molar-refractivity contribution in [1.29, 1.82) is 0 Å². The molecule has 2 aliphatic heterocycles. The molecule has 2 N–H and O–H groups in total. The van der Waals surface area contributed by atoms with Gasteiger partial charge in [-0.25, -0.2) is 9.59 Å². The Morgan fingerprint density at radius 1 is 1.09 bits per heavy atom. The zero-order valence-electron chi connectivity index (χ0n) is 18.7. The van der Waals surface area contributed by atoms with Gasteiger partial charge in [0.05, 0.1) is 36.3 Å². The topological polar surface area (TPSA) is 114 Å². The number of hydrogen-bond acceptors (Lipinski definition) is 6. The van der Waals surface area contributed by atoms with Gasteiger partial charge in [-0.2, -0.15) is 0 Å². The van der Waals surface area contributed by atoms with Crippen LogP contribution in [0.15, 0.2) is 35.5 Å². The molecule has 0 saturated heterocycles. The van der Waals surface area contributed by atoms with E-state index in [4.69, 9.17) is 9.47 Å². The Bertz CT molecular complexity index is 988. The summed E-state index contributed by atoms with van der Waals surface area (Å²) >= 11 is 0. The van der Waals surface area contributed by atoms with Crippen LogP contribution >= 0.6 is 0 Å². The molecule has 0 bridgehead atoms. The van der Waals surface area contributed by atoms with Gasteiger partial charge in [0.25, 0.3) is 0 Å². The number of ether oxygens (including phenoxy) is 2. The molecule has 33 heavy (non-hydrogen) atoms. The van der Waals surface area contributed by atoms with E-state index in [0.29, 0.717) is 19.4 Å². The third-order valence-corrected chi connectivity index (χ3v) is 6.47. The first-order chi connectivity index (χ1) is 16.0. The molecular formula is C24H29N3O6. The molecule has 2 heterocycles. The number of fused-ring (bicyclic) bond motifs is 1. The van der Waals surface area contributed by atoms with Crippen LogP contribution in [0.3, 0.4) is 0 Å². The first kappa shape index (κ1) is 22.8. The van der Waals surface area contributed by atoms with Crippen LogP contribution in [0.25, 0.3) is 0 Å². The Hall–Kier alpha value is -3.36. The summed E-state index contributed by atoms with van der Waals surface area (Å²) in [5, 5.41) is 5.04. The Morgan fingerprint density at radius 3 is 2.64 bits per heavy atom. The van der Waals surface area contributed by atoms with Gasteiger partial charge in [-0.1, -0.05) is 31.0 Å². The molecule has 1 aromatic rings. The molecule has 0 spiro atoms. The van der Waals surface area contributed by atoms with Crippen LogP contribution in [0.2, 0.25) is 0 Å². The third kappa shape index (κ3) is 4.86. The Balaban J connectivity index is 1.46. The van der Waals surface area contributed by atoms with Gasteiger partial charge < -0.3 is 25.0 Å². The molecule has 3 aliphatic rings. The van der Waals surface area contributed by atoms with E-state index in [0.717, 1.165) is 30.5 Å². The van der Waals surface area contributed by atoms with Crippen LogP contribution < -0.4 is 15.5 Å². The minimum Gasteiger partial charge on any atom is -0.463 e. The number of hydrogen-bond donors (Lipinski definition) is 2. The molecule has 2 atom stereocenters. The van der Waals surface area contributed by atoms with Gasteiger partial charge in [0, 0.05) is 12.2 Å². The maximum atomic E-state index is 13.4. The molecule has 1 fully saturated rings. The van der Waals surface area contributed by atoms with Crippen LogP contribution in [-0.2, 0) is 30.3 Å². The van der Waals surface area contributed by atoms with Gasteiger partial charge in [-0.15, -0.1) is 0 Å². The van der Waals surface area contributed by atoms with Gasteiger partial charge in [0.1, 0.15) is 6.61 Å². The fourth-order valence-electron chi connectivity index (χ4n) is 4.80. The zero-order valence-corrected chi connectivity index (χ0v) is 18.7. The van der Waals surface area contributed by atoms with E-state index < -0.39 is 29.8 Å². The molecule has 176 valence electrons. The van der Waals surface area contributed by atoms with E-state index in [2.05, 4.69) is 10.6 Å². The van der Waals surface area contributed by atoms with Crippen molar-refractivity contribution in [2.24, 2.45) is 11.8 Å². The maximum absolute atomic E-state index is 13.4. The highest BCUT2D eigenvalue weighted by Crippen LogP contribution is 2.36. The second-order valence-electron chi connectivity index (χ2n) is 8.46. The Morgan fingerprint density at radius 2 is 1.85 bits per heavy atom. The van der Waals surface area contributed by atoms with Crippen LogP contribution in [0, 0.1) is 11.8 Å². The number of benzene rings is 1. The van der Waals surface area contributed by atoms with Gasteiger partial charge in [0.15, 0.2) is 0 Å². The number of anilines is 1. The van der Waals surface area contributed by atoms with Crippen molar-refractivity contribution in [3.8, 4) is 0 Å². The van der Waals surface area contributed by atoms with Crippen molar-refractivity contribution in [2.45, 2.75) is 39.0 Å². The van der Waals surface area contributed by atoms with E-state index in [1.807, 2.05) is 24.3 Å². The molecule has 2 unspecified atom stereocenters. The van der Waals surface area contributed by atoms with E-state index in [9.17, 15) is 19.2 Å². The van der Waals surface area contributed by atoms with Crippen molar-refractivity contribution in [2.75, 3.05) is 31.2 Å². The highest BCUT2D eigenvalue weighted by Gasteiger charge is 2.40. The largest absolute Gasteiger partial charge is 0.463 e. The molecular weight excluding hydrogens is 426 g/mol. The summed E-state index contributed by atoms with van der Waals surface area (Å²) < 4.78 is 10.5. The highest BCUT2D eigenvalue weighted by molar-refractivity contribution is 5.99. The molecule has 9 nitrogen and oxygen atoms in total. The summed E-state index contributed by atoms with van der Waals surface area (Å²) in [5.74, 6) is -2.09. The van der Waals surface area contributed by atoms with Crippen LogP contribution in [-0.4, -0.2) is 50.2 Å². The number of esters is 2. The summed E-state index contributed by atoms with van der Waals surface area (Å²) in [5.41, 5.74) is 2.48. The molecule has 1 aliphatic carbocycles. The highest BCUT2D eigenvalue weighted by atomic mass is 16.5. The van der Waals surface area contributed by atoms with E-state index in [-0.39, 0.29) is 36.9 Å². The molecule has 0 aromatic heterocycles. The number of urea groups is 1. The number of rotatable bonds is 6. The van der Waals surface area contributed by atoms with Crippen LogP contribution in [0.1, 0.15) is 38.2 Å². The number of amides is 3. The van der Waals surface area contributed by atoms with Crippen LogP contribution in [0.4, 0.5) is 10.5 Å². The lowest BCUT2D eigenvalue weighted by molar-refractivity contribution is -0.153. The summed E-state index contributed by atoms with van der Waals surface area (Å²) in [7, 11) is 0. The number of carbonyl (C=O) groups excluding carboxylic acids is 4. The number of nitrogens with zero attached hydrogens (tertiary/aromatic N) is 1. The minimum atomic E-state index is -0.575. The monoisotopic (exact) mass is 455 g/mol. The summed E-state index contributed by atoms with van der Waals surface area (Å²) in [6.45, 7) is 2.23. The fraction of sp³-hybridized carbons (Fsp3) is 0.500. The van der Waals surface area contributed by atoms with Crippen molar-refractivity contribution in [1.82, 2.24) is 10.6 Å². The van der Waals surface area contributed by atoms with E-state index in [1.54, 1.807) is 11.8 Å². The lowest BCUT2D eigenvalue weighted by Crippen LogP contribution is -2.46. The number of para-hydroxylation sites is 1. The van der Waals surface area contributed by atoms with Crippen molar-refractivity contribution >= 4 is 29.6 Å². The zero-order chi connectivity index (χ0) is 23.4. The van der Waals surface area contributed by atoms with E-state index >= 15 is 0 Å². The quantitative estimate of drug-likeness (QED) is 0.635. The predicted octanol–water partition coefficient (Wildman–Crippen LogP) is 2.06. The van der Waals surface area contributed by atoms with Gasteiger partial charge in [-0.3, -0.25) is 9.59 Å². The smallest absolute Gasteiger partial charge is 0.337 e. The standard InChI is InChI=1S/C24H29N3O6/c1-2-32-23(30)18-13-25-24(31)26-19(18)14-33-22(29)17-9-5-4-8-16(17)21(28)27-12-11-15-7-3-6-10-20(15)27/h3,6-7,10,16-17H,2,4-5,8-9,11-14H2,1H3,(H2,25,26,31). The van der Waals surface area contributed by atoms with Crippen molar-refractivity contribution < 1.29 is 28.7 Å². The second kappa shape index (κ2) is 10.1. The molecule has 3 amide bonds. The Labute approximate surface area is 192 Å². The lowest BCUT2D eigenvalue weighted by atomic mass is 9.78. The molecule has 4 rings (SSSR count). The third-order valence-electron chi connectivity index (χ3n) is 6.47. The Kier molecular flexibility index (Phi) is 6.96. The molecule has 1 aromatic carbocycles. The normalized spacial score (nSPS) is 22.2. The second-order valence-corrected chi connectivity index (χ2v) is 8.46. The summed E-state index contributed by atoms with van der Waals surface area (Å²) in [6, 6.07) is 7.37. The fourth-order valence-corrected chi connectivity index (χ4v) is 4.80. The summed E-state index contributed by atoms with van der Waals surface area (Å²) in [4.78, 5) is 52.2. The minimum absolute atomic E-state index is 0.00351. The first-order valence-electron chi connectivity index (χ1n) is 11.5. The van der Waals surface area contributed by atoms with Gasteiger partial charge in [-0.05, 0) is 37.8 Å². The molecule has 1 saturated carbocycles. The molecule has 0 radical (unpaired) electrons. The van der Waals surface area contributed by atoms with Crippen molar-refractivity contribution in [3.05, 3.63) is 41.1 Å². The summed E-state index contributed by atoms with van der Waals surface area (Å²) in [6.07, 6.45) is 3.74. The number of nitrogens with one attached hydrogen (secondary N) is 2. The predicted molar refractivity (Wildman–Crippen MR) is 119 cm³/mol. The van der Waals surface area contributed by atoms with E-state index in [1.165, 1.54) is 0 Å². The van der Waals surface area contributed by atoms with Gasteiger partial charge >= 0.3 is 18.0 Å². The average molecular weight is 456 g/mol.